The number of rotatable bonds is 7. The van der Waals surface area contributed by atoms with Crippen LogP contribution in [0.25, 0.3) is 11.4 Å². The van der Waals surface area contributed by atoms with Crippen LogP contribution in [-0.2, 0) is 16.0 Å². The molecule has 174 valence electrons. The van der Waals surface area contributed by atoms with Crippen molar-refractivity contribution in [2.24, 2.45) is 0 Å². The van der Waals surface area contributed by atoms with Gasteiger partial charge in [0.15, 0.2) is 0 Å². The Labute approximate surface area is 198 Å². The topological polar surface area (TPSA) is 91.0 Å². The van der Waals surface area contributed by atoms with Gasteiger partial charge < -0.3 is 10.1 Å². The minimum atomic E-state index is -0.243. The van der Waals surface area contributed by atoms with E-state index in [4.69, 9.17) is 4.74 Å². The average molecular weight is 458 g/mol. The summed E-state index contributed by atoms with van der Waals surface area (Å²) >= 11 is 0. The molecular formula is C26H27N5O3. The number of hydrogen-bond acceptors (Lipinski definition) is 5. The molecule has 0 aliphatic rings. The summed E-state index contributed by atoms with van der Waals surface area (Å²) in [5.41, 5.74) is 6.82. The van der Waals surface area contributed by atoms with E-state index in [1.807, 2.05) is 72.6 Å². The maximum Gasteiger partial charge on any atom is 0.305 e. The lowest BCUT2D eigenvalue weighted by molar-refractivity contribution is -0.140. The zero-order valence-electron chi connectivity index (χ0n) is 19.7. The van der Waals surface area contributed by atoms with Crippen molar-refractivity contribution in [3.05, 3.63) is 89.0 Å². The summed E-state index contributed by atoms with van der Waals surface area (Å²) in [6.07, 6.45) is 2.62. The summed E-state index contributed by atoms with van der Waals surface area (Å²) in [6.45, 7) is 5.88. The molecule has 1 N–H and O–H groups in total. The normalized spacial score (nSPS) is 10.8. The molecule has 8 nitrogen and oxygen atoms in total. The first kappa shape index (κ1) is 23.0. The van der Waals surface area contributed by atoms with Gasteiger partial charge in [-0.3, -0.25) is 9.59 Å². The van der Waals surface area contributed by atoms with Crippen LogP contribution in [0.5, 0.6) is 0 Å². The van der Waals surface area contributed by atoms with Gasteiger partial charge in [-0.25, -0.2) is 9.36 Å². The SMILES string of the molecule is COC(=O)CCc1c(C)nn(-c2ccc(C(=O)Nc3cccc(-n4nccc4C)c3)cc2)c1C. The van der Waals surface area contributed by atoms with Crippen LogP contribution in [0.3, 0.4) is 0 Å². The Morgan fingerprint density at radius 2 is 1.74 bits per heavy atom. The second-order valence-corrected chi connectivity index (χ2v) is 8.07. The van der Waals surface area contributed by atoms with E-state index in [0.717, 1.165) is 34.0 Å². The second-order valence-electron chi connectivity index (χ2n) is 8.07. The average Bonchev–Trinajstić information content (AvgIpc) is 3.40. The van der Waals surface area contributed by atoms with Gasteiger partial charge in [-0.1, -0.05) is 6.07 Å². The molecule has 2 aromatic heterocycles. The smallest absolute Gasteiger partial charge is 0.305 e. The number of carbonyl (C=O) groups is 2. The van der Waals surface area contributed by atoms with Crippen LogP contribution in [0.4, 0.5) is 5.69 Å². The molecule has 0 bridgehead atoms. The van der Waals surface area contributed by atoms with E-state index in [2.05, 4.69) is 15.5 Å². The van der Waals surface area contributed by atoms with Crippen LogP contribution >= 0.6 is 0 Å². The third-order valence-corrected chi connectivity index (χ3v) is 5.80. The Morgan fingerprint density at radius 1 is 0.971 bits per heavy atom. The standard InChI is InChI=1S/C26H27N5O3/c1-17-14-15-27-30(17)23-7-5-6-21(16-23)28-26(33)20-8-10-22(11-9-20)31-19(3)24(18(2)29-31)12-13-25(32)34-4/h5-11,14-16H,12-13H2,1-4H3,(H,28,33). The molecule has 0 spiro atoms. The number of nitrogens with one attached hydrogen (secondary N) is 1. The summed E-state index contributed by atoms with van der Waals surface area (Å²) in [7, 11) is 1.39. The van der Waals surface area contributed by atoms with Crippen LogP contribution in [0.1, 0.15) is 39.4 Å². The van der Waals surface area contributed by atoms with Crippen LogP contribution in [-0.4, -0.2) is 38.5 Å². The van der Waals surface area contributed by atoms with E-state index in [0.29, 0.717) is 24.1 Å². The number of benzene rings is 2. The molecule has 4 aromatic rings. The molecule has 0 atom stereocenters. The Kier molecular flexibility index (Phi) is 6.58. The molecule has 0 aliphatic heterocycles. The monoisotopic (exact) mass is 457 g/mol. The number of nitrogens with zero attached hydrogens (tertiary/aromatic N) is 4. The van der Waals surface area contributed by atoms with E-state index < -0.39 is 0 Å². The van der Waals surface area contributed by atoms with Gasteiger partial charge in [-0.05, 0) is 81.3 Å². The zero-order chi connectivity index (χ0) is 24.2. The molecule has 8 heteroatoms. The van der Waals surface area contributed by atoms with Crippen molar-refractivity contribution in [1.29, 1.82) is 0 Å². The number of anilines is 1. The van der Waals surface area contributed by atoms with E-state index in [9.17, 15) is 9.59 Å². The molecule has 1 amide bonds. The first-order valence-electron chi connectivity index (χ1n) is 11.0. The van der Waals surface area contributed by atoms with Crippen LogP contribution in [0, 0.1) is 20.8 Å². The van der Waals surface area contributed by atoms with E-state index in [1.54, 1.807) is 18.3 Å². The Morgan fingerprint density at radius 3 is 2.41 bits per heavy atom. The number of amides is 1. The Bertz CT molecular complexity index is 1330. The van der Waals surface area contributed by atoms with Crippen molar-refractivity contribution >= 4 is 17.6 Å². The van der Waals surface area contributed by atoms with Crippen LogP contribution in [0.2, 0.25) is 0 Å². The molecule has 2 heterocycles. The third kappa shape index (κ3) is 4.76. The van der Waals surface area contributed by atoms with Gasteiger partial charge >= 0.3 is 5.97 Å². The maximum absolute atomic E-state index is 12.8. The van der Waals surface area contributed by atoms with Crippen LogP contribution < -0.4 is 5.32 Å². The van der Waals surface area contributed by atoms with Crippen LogP contribution in [0.15, 0.2) is 60.8 Å². The van der Waals surface area contributed by atoms with Gasteiger partial charge in [0.2, 0.25) is 0 Å². The number of ether oxygens (including phenoxy) is 1. The number of esters is 1. The second kappa shape index (κ2) is 9.74. The van der Waals surface area contributed by atoms with Crippen molar-refractivity contribution in [2.45, 2.75) is 33.6 Å². The molecular weight excluding hydrogens is 430 g/mol. The largest absolute Gasteiger partial charge is 0.469 e. The van der Waals surface area contributed by atoms with Crippen molar-refractivity contribution in [2.75, 3.05) is 12.4 Å². The minimum Gasteiger partial charge on any atom is -0.469 e. The van der Waals surface area contributed by atoms with Crippen molar-refractivity contribution in [1.82, 2.24) is 19.6 Å². The predicted octanol–water partition coefficient (Wildman–Crippen LogP) is 4.34. The lowest BCUT2D eigenvalue weighted by Crippen LogP contribution is -2.12. The van der Waals surface area contributed by atoms with Crippen molar-refractivity contribution in [3.63, 3.8) is 0 Å². The van der Waals surface area contributed by atoms with E-state index in [-0.39, 0.29) is 11.9 Å². The summed E-state index contributed by atoms with van der Waals surface area (Å²) in [5, 5.41) is 11.9. The Hall–Kier alpha value is -4.20. The fraction of sp³-hybridized carbons (Fsp3) is 0.231. The zero-order valence-corrected chi connectivity index (χ0v) is 19.7. The summed E-state index contributed by atoms with van der Waals surface area (Å²) < 4.78 is 8.39. The van der Waals surface area contributed by atoms with Gasteiger partial charge in [0.1, 0.15) is 0 Å². The van der Waals surface area contributed by atoms with Gasteiger partial charge in [-0.2, -0.15) is 10.2 Å². The number of carbonyl (C=O) groups excluding carboxylic acids is 2. The van der Waals surface area contributed by atoms with Gasteiger partial charge in [0, 0.05) is 35.3 Å². The molecule has 0 unspecified atom stereocenters. The predicted molar refractivity (Wildman–Crippen MR) is 130 cm³/mol. The first-order valence-corrected chi connectivity index (χ1v) is 11.0. The Balaban J connectivity index is 1.49. The molecule has 2 aromatic carbocycles. The van der Waals surface area contributed by atoms with Gasteiger partial charge in [-0.15, -0.1) is 0 Å². The minimum absolute atomic E-state index is 0.201. The molecule has 0 saturated carbocycles. The number of aryl methyl sites for hydroxylation is 2. The molecule has 0 fully saturated rings. The van der Waals surface area contributed by atoms with Gasteiger partial charge in [0.25, 0.3) is 5.91 Å². The number of hydrogen-bond donors (Lipinski definition) is 1. The highest BCUT2D eigenvalue weighted by molar-refractivity contribution is 6.04. The maximum atomic E-state index is 12.8. The highest BCUT2D eigenvalue weighted by Gasteiger charge is 2.15. The summed E-state index contributed by atoms with van der Waals surface area (Å²) in [5.74, 6) is -0.444. The van der Waals surface area contributed by atoms with Crippen molar-refractivity contribution in [3.8, 4) is 11.4 Å². The molecule has 0 aliphatic carbocycles. The molecule has 4 rings (SSSR count). The van der Waals surface area contributed by atoms with Crippen molar-refractivity contribution < 1.29 is 14.3 Å². The number of methoxy groups -OCH3 is 1. The lowest BCUT2D eigenvalue weighted by atomic mass is 10.1. The van der Waals surface area contributed by atoms with E-state index in [1.165, 1.54) is 7.11 Å². The molecule has 0 radical (unpaired) electrons. The highest BCUT2D eigenvalue weighted by atomic mass is 16.5. The summed E-state index contributed by atoms with van der Waals surface area (Å²) in [6, 6.07) is 16.8. The molecule has 34 heavy (non-hydrogen) atoms. The summed E-state index contributed by atoms with van der Waals surface area (Å²) in [4.78, 5) is 24.3. The first-order chi connectivity index (χ1) is 16.4. The quantitative estimate of drug-likeness (QED) is 0.417. The van der Waals surface area contributed by atoms with E-state index >= 15 is 0 Å². The number of aromatic nitrogens is 4. The fourth-order valence-electron chi connectivity index (χ4n) is 3.93. The van der Waals surface area contributed by atoms with Gasteiger partial charge in [0.05, 0.1) is 24.2 Å². The molecule has 0 saturated heterocycles. The highest BCUT2D eigenvalue weighted by Crippen LogP contribution is 2.21. The third-order valence-electron chi connectivity index (χ3n) is 5.80. The lowest BCUT2D eigenvalue weighted by Gasteiger charge is -2.10. The fourth-order valence-corrected chi connectivity index (χ4v) is 3.93.